The number of hydrogen-bond donors (Lipinski definition) is 1. The number of hydrogen-bond acceptors (Lipinski definition) is 3. The second-order valence-electron chi connectivity index (χ2n) is 6.48. The summed E-state index contributed by atoms with van der Waals surface area (Å²) in [6.07, 6.45) is -0.583. The zero-order valence-corrected chi connectivity index (χ0v) is 15.1. The summed E-state index contributed by atoms with van der Waals surface area (Å²) in [5, 5.41) is 10.5. The smallest absolute Gasteiger partial charge is 0.119 e. The van der Waals surface area contributed by atoms with Crippen LogP contribution in [0.3, 0.4) is 0 Å². The van der Waals surface area contributed by atoms with Crippen molar-refractivity contribution in [2.45, 2.75) is 19.6 Å². The molecule has 3 nitrogen and oxygen atoms in total. The first kappa shape index (κ1) is 18.0. The molecule has 0 aliphatic carbocycles. The van der Waals surface area contributed by atoms with E-state index in [1.807, 2.05) is 67.6 Å². The molecule has 26 heavy (non-hydrogen) atoms. The van der Waals surface area contributed by atoms with Crippen molar-refractivity contribution in [2.24, 2.45) is 0 Å². The molecule has 1 atom stereocenters. The summed E-state index contributed by atoms with van der Waals surface area (Å²) in [6, 6.07) is 28.3. The normalized spacial score (nSPS) is 11.8. The fraction of sp³-hybridized carbons (Fsp3) is 0.217. The molecule has 0 saturated carbocycles. The molecular formula is C23H25NO2. The van der Waals surface area contributed by atoms with Gasteiger partial charge in [-0.3, -0.25) is 0 Å². The second kappa shape index (κ2) is 9.07. The Morgan fingerprint density at radius 3 is 2.12 bits per heavy atom. The number of rotatable bonds is 8. The Labute approximate surface area is 155 Å². The summed E-state index contributed by atoms with van der Waals surface area (Å²) in [4.78, 5) is 2.18. The van der Waals surface area contributed by atoms with E-state index in [4.69, 9.17) is 4.74 Å². The number of aliphatic hydroxyl groups is 1. The maximum atomic E-state index is 10.5. The van der Waals surface area contributed by atoms with Crippen LogP contribution in [-0.4, -0.2) is 24.4 Å². The first-order valence-electron chi connectivity index (χ1n) is 8.92. The van der Waals surface area contributed by atoms with Crippen LogP contribution in [0.2, 0.25) is 0 Å². The lowest BCUT2D eigenvalue weighted by Gasteiger charge is -2.27. The molecule has 3 aromatic rings. The van der Waals surface area contributed by atoms with E-state index in [0.29, 0.717) is 6.54 Å². The predicted molar refractivity (Wildman–Crippen MR) is 107 cm³/mol. The van der Waals surface area contributed by atoms with Gasteiger partial charge in [0.25, 0.3) is 0 Å². The fourth-order valence-electron chi connectivity index (χ4n) is 2.84. The number of ether oxygens (including phenoxy) is 1. The summed E-state index contributed by atoms with van der Waals surface area (Å²) in [7, 11) is 0. The molecule has 0 fully saturated rings. The van der Waals surface area contributed by atoms with Gasteiger partial charge in [0.2, 0.25) is 0 Å². The zero-order valence-electron chi connectivity index (χ0n) is 15.1. The van der Waals surface area contributed by atoms with Crippen LogP contribution >= 0.6 is 0 Å². The minimum atomic E-state index is -0.583. The summed E-state index contributed by atoms with van der Waals surface area (Å²) in [5.41, 5.74) is 3.49. The van der Waals surface area contributed by atoms with Crippen LogP contribution < -0.4 is 9.64 Å². The summed E-state index contributed by atoms with van der Waals surface area (Å²) >= 11 is 0. The number of anilines is 1. The van der Waals surface area contributed by atoms with Crippen LogP contribution in [0.4, 0.5) is 5.69 Å². The Morgan fingerprint density at radius 2 is 1.46 bits per heavy atom. The lowest BCUT2D eigenvalue weighted by molar-refractivity contribution is 0.112. The maximum absolute atomic E-state index is 10.5. The fourth-order valence-corrected chi connectivity index (χ4v) is 2.84. The highest BCUT2D eigenvalue weighted by Crippen LogP contribution is 2.18. The van der Waals surface area contributed by atoms with Crippen LogP contribution in [-0.2, 0) is 6.54 Å². The van der Waals surface area contributed by atoms with Gasteiger partial charge in [0.1, 0.15) is 18.5 Å². The lowest BCUT2D eigenvalue weighted by atomic mass is 10.2. The maximum Gasteiger partial charge on any atom is 0.119 e. The quantitative estimate of drug-likeness (QED) is 0.654. The van der Waals surface area contributed by atoms with E-state index < -0.39 is 6.10 Å². The molecule has 0 saturated heterocycles. The average molecular weight is 347 g/mol. The summed E-state index contributed by atoms with van der Waals surface area (Å²) in [6.45, 7) is 3.55. The SMILES string of the molecule is Cc1ccc(OC[C@H](O)CN(Cc2ccccc2)c2ccccc2)cc1. The molecule has 134 valence electrons. The monoisotopic (exact) mass is 347 g/mol. The van der Waals surface area contributed by atoms with Gasteiger partial charge >= 0.3 is 0 Å². The topological polar surface area (TPSA) is 32.7 Å². The van der Waals surface area contributed by atoms with Gasteiger partial charge in [0.15, 0.2) is 0 Å². The van der Waals surface area contributed by atoms with Gasteiger partial charge in [0, 0.05) is 18.8 Å². The number of nitrogens with zero attached hydrogens (tertiary/aromatic N) is 1. The third kappa shape index (κ3) is 5.36. The van der Waals surface area contributed by atoms with Crippen LogP contribution in [0.15, 0.2) is 84.9 Å². The molecule has 0 heterocycles. The largest absolute Gasteiger partial charge is 0.491 e. The number of para-hydroxylation sites is 1. The highest BCUT2D eigenvalue weighted by Gasteiger charge is 2.14. The van der Waals surface area contributed by atoms with E-state index in [2.05, 4.69) is 29.2 Å². The van der Waals surface area contributed by atoms with Crippen LogP contribution in [0.25, 0.3) is 0 Å². The predicted octanol–water partition coefficient (Wildman–Crippen LogP) is 4.44. The van der Waals surface area contributed by atoms with Crippen molar-refractivity contribution in [2.75, 3.05) is 18.1 Å². The Balaban J connectivity index is 1.63. The van der Waals surface area contributed by atoms with E-state index in [0.717, 1.165) is 18.0 Å². The summed E-state index contributed by atoms with van der Waals surface area (Å²) < 4.78 is 5.73. The minimum absolute atomic E-state index is 0.265. The van der Waals surface area contributed by atoms with E-state index in [1.165, 1.54) is 11.1 Å². The Morgan fingerprint density at radius 1 is 0.846 bits per heavy atom. The van der Waals surface area contributed by atoms with Crippen molar-refractivity contribution < 1.29 is 9.84 Å². The third-order valence-corrected chi connectivity index (χ3v) is 4.23. The molecule has 1 N–H and O–H groups in total. The summed E-state index contributed by atoms with van der Waals surface area (Å²) in [5.74, 6) is 0.781. The highest BCUT2D eigenvalue weighted by atomic mass is 16.5. The third-order valence-electron chi connectivity index (χ3n) is 4.23. The van der Waals surface area contributed by atoms with Crippen LogP contribution in [0, 0.1) is 6.92 Å². The molecule has 0 unspecified atom stereocenters. The van der Waals surface area contributed by atoms with Crippen molar-refractivity contribution in [1.82, 2.24) is 0 Å². The molecule has 3 aromatic carbocycles. The lowest BCUT2D eigenvalue weighted by Crippen LogP contribution is -2.35. The molecule has 0 spiro atoms. The second-order valence-corrected chi connectivity index (χ2v) is 6.48. The number of aliphatic hydroxyl groups excluding tert-OH is 1. The van der Waals surface area contributed by atoms with Crippen molar-refractivity contribution in [3.63, 3.8) is 0 Å². The van der Waals surface area contributed by atoms with Gasteiger partial charge in [-0.2, -0.15) is 0 Å². The van der Waals surface area contributed by atoms with Gasteiger partial charge in [-0.15, -0.1) is 0 Å². The Hall–Kier alpha value is -2.78. The van der Waals surface area contributed by atoms with Gasteiger partial charge in [-0.25, -0.2) is 0 Å². The van der Waals surface area contributed by atoms with Crippen molar-refractivity contribution >= 4 is 5.69 Å². The molecular weight excluding hydrogens is 322 g/mol. The first-order chi connectivity index (χ1) is 12.7. The molecule has 0 aromatic heterocycles. The zero-order chi connectivity index (χ0) is 18.2. The van der Waals surface area contributed by atoms with Gasteiger partial charge in [0.05, 0.1) is 0 Å². The molecule has 0 aliphatic rings. The van der Waals surface area contributed by atoms with Gasteiger partial charge in [-0.1, -0.05) is 66.2 Å². The Bertz CT molecular complexity index is 772. The molecule has 0 radical (unpaired) electrons. The average Bonchev–Trinajstić information content (AvgIpc) is 2.68. The highest BCUT2D eigenvalue weighted by molar-refractivity contribution is 5.46. The van der Waals surface area contributed by atoms with E-state index in [-0.39, 0.29) is 6.61 Å². The van der Waals surface area contributed by atoms with E-state index >= 15 is 0 Å². The van der Waals surface area contributed by atoms with Gasteiger partial charge in [-0.05, 0) is 36.8 Å². The van der Waals surface area contributed by atoms with Crippen molar-refractivity contribution in [1.29, 1.82) is 0 Å². The molecule has 3 heteroatoms. The number of benzene rings is 3. The van der Waals surface area contributed by atoms with Gasteiger partial charge < -0.3 is 14.7 Å². The minimum Gasteiger partial charge on any atom is -0.491 e. The van der Waals surface area contributed by atoms with E-state index in [1.54, 1.807) is 0 Å². The van der Waals surface area contributed by atoms with Crippen molar-refractivity contribution in [3.05, 3.63) is 96.1 Å². The van der Waals surface area contributed by atoms with Crippen molar-refractivity contribution in [3.8, 4) is 5.75 Å². The Kier molecular flexibility index (Phi) is 6.29. The first-order valence-corrected chi connectivity index (χ1v) is 8.92. The van der Waals surface area contributed by atoms with Crippen LogP contribution in [0.5, 0.6) is 5.75 Å². The molecule has 3 rings (SSSR count). The number of aryl methyl sites for hydroxylation is 1. The molecule has 0 aliphatic heterocycles. The molecule has 0 bridgehead atoms. The molecule has 0 amide bonds. The van der Waals surface area contributed by atoms with Crippen LogP contribution in [0.1, 0.15) is 11.1 Å². The van der Waals surface area contributed by atoms with E-state index in [9.17, 15) is 5.11 Å². The standard InChI is InChI=1S/C23H25NO2/c1-19-12-14-23(15-13-19)26-18-22(25)17-24(21-10-6-3-7-11-21)16-20-8-4-2-5-9-20/h2-15,22,25H,16-18H2,1H3/t22-/m1/s1.